The predicted molar refractivity (Wildman–Crippen MR) is 123 cm³/mol. The van der Waals surface area contributed by atoms with Crippen LogP contribution in [-0.2, 0) is 16.6 Å². The van der Waals surface area contributed by atoms with Crippen molar-refractivity contribution in [1.82, 2.24) is 4.90 Å². The average molecular weight is 483 g/mol. The minimum atomic E-state index is -3.84. The second-order valence-corrected chi connectivity index (χ2v) is 9.52. The van der Waals surface area contributed by atoms with Gasteiger partial charge in [-0.25, -0.2) is 8.42 Å². The van der Waals surface area contributed by atoms with Crippen molar-refractivity contribution < 1.29 is 32.2 Å². The highest BCUT2D eigenvalue weighted by molar-refractivity contribution is 7.92. The summed E-state index contributed by atoms with van der Waals surface area (Å²) in [6.07, 6.45) is 0. The monoisotopic (exact) mass is 482 g/mol. The number of amides is 1. The van der Waals surface area contributed by atoms with Crippen molar-refractivity contribution in [3.05, 3.63) is 71.8 Å². The second kappa shape index (κ2) is 8.79. The lowest BCUT2D eigenvalue weighted by molar-refractivity contribution is 0.0785. The molecule has 9 nitrogen and oxygen atoms in total. The predicted octanol–water partition coefficient (Wildman–Crippen LogP) is 3.26. The normalized spacial score (nSPS) is 13.9. The van der Waals surface area contributed by atoms with E-state index in [4.69, 9.17) is 18.9 Å². The summed E-state index contributed by atoms with van der Waals surface area (Å²) in [6.45, 7) is 1.36. The van der Waals surface area contributed by atoms with E-state index in [0.29, 0.717) is 54.0 Å². The molecule has 0 aromatic heterocycles. The zero-order chi connectivity index (χ0) is 23.7. The molecule has 1 amide bonds. The number of carbonyl (C=O) groups is 1. The number of nitrogens with one attached hydrogen (secondary N) is 1. The fraction of sp³-hybridized carbons (Fsp3) is 0.208. The lowest BCUT2D eigenvalue weighted by atomic mass is 10.1. The molecular formula is C24H22N2O7S. The first-order valence-electron chi connectivity index (χ1n) is 10.6. The van der Waals surface area contributed by atoms with Gasteiger partial charge in [0.05, 0.1) is 4.90 Å². The van der Waals surface area contributed by atoms with Gasteiger partial charge in [-0.05, 0) is 54.1 Å². The van der Waals surface area contributed by atoms with Crippen LogP contribution in [0.25, 0.3) is 0 Å². The molecule has 0 atom stereocenters. The summed E-state index contributed by atoms with van der Waals surface area (Å²) in [5.74, 6) is 2.05. The molecule has 5 rings (SSSR count). The first kappa shape index (κ1) is 21.9. The number of fused-ring (bicyclic) bond motifs is 2. The van der Waals surface area contributed by atoms with Gasteiger partial charge in [0.15, 0.2) is 23.0 Å². The van der Waals surface area contributed by atoms with E-state index in [1.807, 2.05) is 18.2 Å². The average Bonchev–Trinajstić information content (AvgIpc) is 3.31. The molecule has 1 N–H and O–H groups in total. The third-order valence-corrected chi connectivity index (χ3v) is 6.79. The standard InChI is InChI=1S/C24H22N2O7S/c1-26(14-16-2-8-21-22(12-16)33-15-32-21)24(27)17-3-5-18(6-4-17)25-34(28,29)19-7-9-20-23(13-19)31-11-10-30-20/h2-9,12-13,25H,10-11,14-15H2,1H3. The highest BCUT2D eigenvalue weighted by Gasteiger charge is 2.20. The van der Waals surface area contributed by atoms with Crippen LogP contribution in [0.5, 0.6) is 23.0 Å². The summed E-state index contributed by atoms with van der Waals surface area (Å²) in [6, 6.07) is 16.3. The first-order chi connectivity index (χ1) is 16.4. The van der Waals surface area contributed by atoms with Crippen molar-refractivity contribution in [3.8, 4) is 23.0 Å². The second-order valence-electron chi connectivity index (χ2n) is 7.84. The van der Waals surface area contributed by atoms with Gasteiger partial charge in [-0.2, -0.15) is 0 Å². The molecule has 0 saturated carbocycles. The van der Waals surface area contributed by atoms with Crippen LogP contribution in [0.2, 0.25) is 0 Å². The Hall–Kier alpha value is -3.92. The molecule has 34 heavy (non-hydrogen) atoms. The molecule has 3 aromatic carbocycles. The van der Waals surface area contributed by atoms with Crippen molar-refractivity contribution >= 4 is 21.6 Å². The molecule has 2 aliphatic heterocycles. The van der Waals surface area contributed by atoms with E-state index in [2.05, 4.69) is 4.72 Å². The van der Waals surface area contributed by atoms with Crippen molar-refractivity contribution in [3.63, 3.8) is 0 Å². The molecule has 0 aliphatic carbocycles. The van der Waals surface area contributed by atoms with Crippen LogP contribution >= 0.6 is 0 Å². The summed E-state index contributed by atoms with van der Waals surface area (Å²) in [7, 11) is -2.15. The van der Waals surface area contributed by atoms with Gasteiger partial charge in [-0.1, -0.05) is 6.07 Å². The third-order valence-electron chi connectivity index (χ3n) is 5.41. The van der Waals surface area contributed by atoms with Crippen LogP contribution in [0.15, 0.2) is 65.6 Å². The molecule has 0 saturated heterocycles. The first-order valence-corrected chi connectivity index (χ1v) is 12.0. The molecule has 176 valence electrons. The molecule has 0 bridgehead atoms. The number of nitrogens with zero attached hydrogens (tertiary/aromatic N) is 1. The summed E-state index contributed by atoms with van der Waals surface area (Å²) in [5, 5.41) is 0. The summed E-state index contributed by atoms with van der Waals surface area (Å²) < 4.78 is 49.7. The number of ether oxygens (including phenoxy) is 4. The lowest BCUT2D eigenvalue weighted by Gasteiger charge is -2.19. The molecule has 3 aromatic rings. The Bertz CT molecular complexity index is 1340. The van der Waals surface area contributed by atoms with E-state index in [0.717, 1.165) is 5.56 Å². The molecular weight excluding hydrogens is 460 g/mol. The molecule has 10 heteroatoms. The van der Waals surface area contributed by atoms with Crippen LogP contribution in [0.4, 0.5) is 5.69 Å². The summed E-state index contributed by atoms with van der Waals surface area (Å²) in [5.41, 5.74) is 1.68. The molecule has 0 fully saturated rings. The van der Waals surface area contributed by atoms with Gasteiger partial charge in [0.2, 0.25) is 6.79 Å². The van der Waals surface area contributed by atoms with Gasteiger partial charge in [-0.3, -0.25) is 9.52 Å². The van der Waals surface area contributed by atoms with Crippen LogP contribution < -0.4 is 23.7 Å². The number of benzene rings is 3. The van der Waals surface area contributed by atoms with Gasteiger partial charge in [0.25, 0.3) is 15.9 Å². The lowest BCUT2D eigenvalue weighted by Crippen LogP contribution is -2.26. The molecule has 2 aliphatic rings. The van der Waals surface area contributed by atoms with Gasteiger partial charge in [0, 0.05) is 30.9 Å². The minimum Gasteiger partial charge on any atom is -0.486 e. The molecule has 0 unspecified atom stereocenters. The summed E-state index contributed by atoms with van der Waals surface area (Å²) >= 11 is 0. The maximum absolute atomic E-state index is 12.8. The molecule has 0 spiro atoms. The van der Waals surface area contributed by atoms with Crippen LogP contribution in [-0.4, -0.2) is 46.3 Å². The van der Waals surface area contributed by atoms with E-state index in [-0.39, 0.29) is 17.6 Å². The largest absolute Gasteiger partial charge is 0.486 e. The Labute approximate surface area is 196 Å². The summed E-state index contributed by atoms with van der Waals surface area (Å²) in [4.78, 5) is 14.5. The highest BCUT2D eigenvalue weighted by Crippen LogP contribution is 2.34. The van der Waals surface area contributed by atoms with Crippen LogP contribution in [0, 0.1) is 0 Å². The number of anilines is 1. The zero-order valence-electron chi connectivity index (χ0n) is 18.3. The van der Waals surface area contributed by atoms with E-state index < -0.39 is 10.0 Å². The highest BCUT2D eigenvalue weighted by atomic mass is 32.2. The smallest absolute Gasteiger partial charge is 0.262 e. The zero-order valence-corrected chi connectivity index (χ0v) is 19.1. The molecule has 0 radical (unpaired) electrons. The van der Waals surface area contributed by atoms with Gasteiger partial charge < -0.3 is 23.8 Å². The Morgan fingerprint density at radius 2 is 1.50 bits per heavy atom. The number of hydrogen-bond acceptors (Lipinski definition) is 7. The number of hydrogen-bond donors (Lipinski definition) is 1. The molecule has 2 heterocycles. The number of carbonyl (C=O) groups excluding carboxylic acids is 1. The van der Waals surface area contributed by atoms with E-state index in [1.165, 1.54) is 12.1 Å². The maximum Gasteiger partial charge on any atom is 0.262 e. The van der Waals surface area contributed by atoms with E-state index >= 15 is 0 Å². The number of rotatable bonds is 6. The fourth-order valence-electron chi connectivity index (χ4n) is 3.69. The SMILES string of the molecule is CN(Cc1ccc2c(c1)OCO2)C(=O)c1ccc(NS(=O)(=O)c2ccc3c(c2)OCCO3)cc1. The van der Waals surface area contributed by atoms with Crippen LogP contribution in [0.1, 0.15) is 15.9 Å². The fourth-order valence-corrected chi connectivity index (χ4v) is 4.76. The van der Waals surface area contributed by atoms with Gasteiger partial charge in [0.1, 0.15) is 13.2 Å². The number of sulfonamides is 1. The van der Waals surface area contributed by atoms with E-state index in [1.54, 1.807) is 42.3 Å². The Morgan fingerprint density at radius 3 is 2.29 bits per heavy atom. The quantitative estimate of drug-likeness (QED) is 0.575. The Kier molecular flexibility index (Phi) is 5.66. The van der Waals surface area contributed by atoms with Crippen molar-refractivity contribution in [2.24, 2.45) is 0 Å². The van der Waals surface area contributed by atoms with Gasteiger partial charge >= 0.3 is 0 Å². The van der Waals surface area contributed by atoms with Gasteiger partial charge in [-0.15, -0.1) is 0 Å². The maximum atomic E-state index is 12.8. The Balaban J connectivity index is 1.25. The topological polar surface area (TPSA) is 103 Å². The van der Waals surface area contributed by atoms with Crippen molar-refractivity contribution in [2.45, 2.75) is 11.4 Å². The van der Waals surface area contributed by atoms with Crippen LogP contribution in [0.3, 0.4) is 0 Å². The van der Waals surface area contributed by atoms with E-state index in [9.17, 15) is 13.2 Å². The van der Waals surface area contributed by atoms with Crippen molar-refractivity contribution in [1.29, 1.82) is 0 Å². The third kappa shape index (κ3) is 4.44. The van der Waals surface area contributed by atoms with Crippen molar-refractivity contribution in [2.75, 3.05) is 31.8 Å². The Morgan fingerprint density at radius 1 is 0.853 bits per heavy atom. The minimum absolute atomic E-state index is 0.0559.